The molecule has 0 bridgehead atoms. The van der Waals surface area contributed by atoms with Gasteiger partial charge in [-0.15, -0.1) is 0 Å². The maximum absolute atomic E-state index is 12.6. The Morgan fingerprint density at radius 3 is 2.41 bits per heavy atom. The highest BCUT2D eigenvalue weighted by Crippen LogP contribution is 2.47. The van der Waals surface area contributed by atoms with Crippen LogP contribution >= 0.6 is 0 Å². The summed E-state index contributed by atoms with van der Waals surface area (Å²) < 4.78 is 5.92. The van der Waals surface area contributed by atoms with E-state index < -0.39 is 6.10 Å². The zero-order valence-corrected chi connectivity index (χ0v) is 14.2. The highest BCUT2D eigenvalue weighted by Gasteiger charge is 2.52. The number of hydrogen-bond donors (Lipinski definition) is 0. The van der Waals surface area contributed by atoms with Crippen molar-refractivity contribution >= 4 is 5.91 Å². The van der Waals surface area contributed by atoms with Crippen LogP contribution in [0, 0.1) is 6.92 Å². The summed E-state index contributed by atoms with van der Waals surface area (Å²) in [6.45, 7) is 9.26. The molecule has 1 heterocycles. The summed E-state index contributed by atoms with van der Waals surface area (Å²) in [5.74, 6) is 1.45. The third-order valence-electron chi connectivity index (χ3n) is 5.45. The fourth-order valence-electron chi connectivity index (χ4n) is 3.83. The van der Waals surface area contributed by atoms with Crippen molar-refractivity contribution in [1.82, 2.24) is 4.90 Å². The lowest BCUT2D eigenvalue weighted by Gasteiger charge is -2.59. The maximum atomic E-state index is 12.6. The molecule has 0 unspecified atom stereocenters. The van der Waals surface area contributed by atoms with Crippen molar-refractivity contribution in [2.45, 2.75) is 70.9 Å². The smallest absolute Gasteiger partial charge is 0.263 e. The summed E-state index contributed by atoms with van der Waals surface area (Å²) in [5, 5.41) is 0. The molecule has 1 atom stereocenters. The Hall–Kier alpha value is -1.51. The van der Waals surface area contributed by atoms with Crippen LogP contribution in [-0.2, 0) is 4.79 Å². The van der Waals surface area contributed by atoms with Crippen molar-refractivity contribution in [3.8, 4) is 5.75 Å². The number of likely N-dealkylation sites (tertiary alicyclic amines) is 1. The van der Waals surface area contributed by atoms with Crippen LogP contribution in [0.1, 0.15) is 63.5 Å². The van der Waals surface area contributed by atoms with E-state index >= 15 is 0 Å². The molecule has 1 saturated heterocycles. The quantitative estimate of drug-likeness (QED) is 0.840. The Bertz CT molecular complexity index is 569. The van der Waals surface area contributed by atoms with Crippen LogP contribution in [0.15, 0.2) is 18.2 Å². The van der Waals surface area contributed by atoms with E-state index in [-0.39, 0.29) is 11.4 Å². The van der Waals surface area contributed by atoms with Gasteiger partial charge < -0.3 is 9.64 Å². The van der Waals surface area contributed by atoms with Crippen molar-refractivity contribution in [2.24, 2.45) is 0 Å². The molecular weight excluding hydrogens is 274 g/mol. The molecule has 0 radical (unpaired) electrons. The SMILES string of the molecule is Cc1cc(O[C@@H](C)C(=O)N2CCC23CCC3)ccc1C(C)C. The van der Waals surface area contributed by atoms with Crippen LogP contribution in [-0.4, -0.2) is 29.0 Å². The molecule has 1 amide bonds. The number of ether oxygens (including phenoxy) is 1. The van der Waals surface area contributed by atoms with Crippen LogP contribution < -0.4 is 4.74 Å². The second-order valence-electron chi connectivity index (χ2n) is 7.25. The first-order valence-corrected chi connectivity index (χ1v) is 8.52. The third kappa shape index (κ3) is 2.51. The number of hydrogen-bond acceptors (Lipinski definition) is 2. The number of amides is 1. The third-order valence-corrected chi connectivity index (χ3v) is 5.45. The van der Waals surface area contributed by atoms with Crippen LogP contribution in [0.2, 0.25) is 0 Å². The van der Waals surface area contributed by atoms with Gasteiger partial charge in [0.05, 0.1) is 0 Å². The minimum absolute atomic E-state index is 0.150. The molecule has 3 rings (SSSR count). The second-order valence-corrected chi connectivity index (χ2v) is 7.25. The van der Waals surface area contributed by atoms with Gasteiger partial charge in [0.1, 0.15) is 5.75 Å². The Balaban J connectivity index is 1.65. The van der Waals surface area contributed by atoms with E-state index in [0.29, 0.717) is 5.92 Å². The molecule has 22 heavy (non-hydrogen) atoms. The van der Waals surface area contributed by atoms with Crippen LogP contribution in [0.4, 0.5) is 0 Å². The number of carbonyl (C=O) groups excluding carboxylic acids is 1. The molecule has 1 aliphatic heterocycles. The van der Waals surface area contributed by atoms with Gasteiger partial charge in [-0.3, -0.25) is 4.79 Å². The summed E-state index contributed by atoms with van der Waals surface area (Å²) in [6.07, 6.45) is 4.38. The highest BCUT2D eigenvalue weighted by molar-refractivity contribution is 5.82. The average Bonchev–Trinajstić information content (AvgIpc) is 2.35. The largest absolute Gasteiger partial charge is 0.481 e. The standard InChI is InChI=1S/C19H27NO2/c1-13(2)17-7-6-16(12-14(17)3)22-15(4)18(21)20-11-10-19(20)8-5-9-19/h6-7,12-13,15H,5,8-11H2,1-4H3/t15-/m0/s1. The molecule has 3 nitrogen and oxygen atoms in total. The Labute approximate surface area is 133 Å². The lowest BCUT2D eigenvalue weighted by molar-refractivity contribution is -0.162. The van der Waals surface area contributed by atoms with E-state index in [1.54, 1.807) is 0 Å². The molecule has 0 N–H and O–H groups in total. The summed E-state index contributed by atoms with van der Waals surface area (Å²) in [6, 6.07) is 6.15. The van der Waals surface area contributed by atoms with Gasteiger partial charge >= 0.3 is 0 Å². The van der Waals surface area contributed by atoms with Gasteiger partial charge in [-0.05, 0) is 68.7 Å². The van der Waals surface area contributed by atoms with Gasteiger partial charge in [-0.1, -0.05) is 19.9 Å². The number of benzene rings is 1. The van der Waals surface area contributed by atoms with Crippen molar-refractivity contribution in [1.29, 1.82) is 0 Å². The highest BCUT2D eigenvalue weighted by atomic mass is 16.5. The molecular formula is C19H27NO2. The monoisotopic (exact) mass is 301 g/mol. The summed E-state index contributed by atoms with van der Waals surface area (Å²) in [4.78, 5) is 14.7. The van der Waals surface area contributed by atoms with E-state index in [4.69, 9.17) is 4.74 Å². The summed E-state index contributed by atoms with van der Waals surface area (Å²) >= 11 is 0. The Morgan fingerprint density at radius 2 is 1.95 bits per heavy atom. The first-order valence-electron chi connectivity index (χ1n) is 8.52. The molecule has 1 aromatic carbocycles. The van der Waals surface area contributed by atoms with Crippen molar-refractivity contribution in [2.75, 3.05) is 6.54 Å². The summed E-state index contributed by atoms with van der Waals surface area (Å²) in [7, 11) is 0. The molecule has 1 saturated carbocycles. The van der Waals surface area contributed by atoms with E-state index in [0.717, 1.165) is 12.3 Å². The molecule has 3 heteroatoms. The molecule has 120 valence electrons. The Kier molecular flexibility index (Phi) is 3.92. The Morgan fingerprint density at radius 1 is 1.23 bits per heavy atom. The minimum Gasteiger partial charge on any atom is -0.481 e. The zero-order chi connectivity index (χ0) is 15.9. The van der Waals surface area contributed by atoms with Crippen LogP contribution in [0.25, 0.3) is 0 Å². The first kappa shape index (κ1) is 15.4. The number of rotatable bonds is 4. The van der Waals surface area contributed by atoms with Gasteiger partial charge in [0.2, 0.25) is 0 Å². The molecule has 1 aliphatic carbocycles. The molecule has 1 aromatic rings. The van der Waals surface area contributed by atoms with Gasteiger partial charge in [-0.25, -0.2) is 0 Å². The predicted octanol–water partition coefficient (Wildman–Crippen LogP) is 4.04. The van der Waals surface area contributed by atoms with Gasteiger partial charge in [0.25, 0.3) is 5.91 Å². The van der Waals surface area contributed by atoms with Crippen molar-refractivity contribution in [3.63, 3.8) is 0 Å². The normalized spacial score (nSPS) is 20.5. The topological polar surface area (TPSA) is 29.5 Å². The number of nitrogens with zero attached hydrogens (tertiary/aromatic N) is 1. The van der Waals surface area contributed by atoms with Gasteiger partial charge in [-0.2, -0.15) is 0 Å². The maximum Gasteiger partial charge on any atom is 0.263 e. The molecule has 2 aliphatic rings. The lowest BCUT2D eigenvalue weighted by atomic mass is 9.67. The first-order chi connectivity index (χ1) is 10.4. The summed E-state index contributed by atoms with van der Waals surface area (Å²) in [5.41, 5.74) is 2.76. The van der Waals surface area contributed by atoms with E-state index in [9.17, 15) is 4.79 Å². The molecule has 2 fully saturated rings. The van der Waals surface area contributed by atoms with Gasteiger partial charge in [0, 0.05) is 12.1 Å². The van der Waals surface area contributed by atoms with E-state index in [2.05, 4.69) is 31.7 Å². The van der Waals surface area contributed by atoms with Crippen molar-refractivity contribution in [3.05, 3.63) is 29.3 Å². The molecule has 1 spiro atoms. The van der Waals surface area contributed by atoms with Gasteiger partial charge in [0.15, 0.2) is 6.10 Å². The zero-order valence-electron chi connectivity index (χ0n) is 14.2. The van der Waals surface area contributed by atoms with E-state index in [1.807, 2.05) is 19.1 Å². The molecule has 0 aromatic heterocycles. The number of carbonyl (C=O) groups is 1. The predicted molar refractivity (Wildman–Crippen MR) is 88.3 cm³/mol. The van der Waals surface area contributed by atoms with Crippen LogP contribution in [0.5, 0.6) is 5.75 Å². The van der Waals surface area contributed by atoms with Crippen LogP contribution in [0.3, 0.4) is 0 Å². The second kappa shape index (κ2) is 5.60. The fraction of sp³-hybridized carbons (Fsp3) is 0.632. The average molecular weight is 301 g/mol. The minimum atomic E-state index is -0.401. The van der Waals surface area contributed by atoms with E-state index in [1.165, 1.54) is 36.8 Å². The number of aryl methyl sites for hydroxylation is 1. The van der Waals surface area contributed by atoms with Crippen molar-refractivity contribution < 1.29 is 9.53 Å². The fourth-order valence-corrected chi connectivity index (χ4v) is 3.83. The lowest BCUT2D eigenvalue weighted by Crippen LogP contribution is -2.67.